The minimum Gasteiger partial charge on any atom is -0.365 e. The quantitative estimate of drug-likeness (QED) is 0.679. The molecule has 1 N–H and O–H groups in total. The van der Waals surface area contributed by atoms with Gasteiger partial charge in [-0.25, -0.2) is 0 Å². The zero-order valence-electron chi connectivity index (χ0n) is 13.4. The number of hydrogen-bond acceptors (Lipinski definition) is 4. The second-order valence-corrected chi connectivity index (χ2v) is 5.52. The lowest BCUT2D eigenvalue weighted by Crippen LogP contribution is -2.30. The molecule has 2 aromatic carbocycles. The van der Waals surface area contributed by atoms with Gasteiger partial charge in [0, 0.05) is 18.8 Å². The molecule has 120 valence electrons. The number of nitro groups is 1. The Hall–Kier alpha value is -2.89. The van der Waals surface area contributed by atoms with Crippen molar-refractivity contribution in [3.8, 4) is 0 Å². The third-order valence-corrected chi connectivity index (χ3v) is 3.40. The number of nitrogens with one attached hydrogen (secondary N) is 1. The van der Waals surface area contributed by atoms with Crippen LogP contribution in [0.2, 0.25) is 0 Å². The molecule has 0 aromatic heterocycles. The van der Waals surface area contributed by atoms with E-state index in [1.165, 1.54) is 12.1 Å². The number of benzene rings is 2. The van der Waals surface area contributed by atoms with Gasteiger partial charge in [-0.05, 0) is 43.2 Å². The largest absolute Gasteiger partial charge is 0.365 e. The summed E-state index contributed by atoms with van der Waals surface area (Å²) in [5.74, 6) is -0.305. The molecule has 0 aliphatic rings. The van der Waals surface area contributed by atoms with Crippen molar-refractivity contribution < 1.29 is 9.72 Å². The van der Waals surface area contributed by atoms with Crippen molar-refractivity contribution in [3.05, 3.63) is 63.7 Å². The molecule has 0 bridgehead atoms. The fourth-order valence-corrected chi connectivity index (χ4v) is 2.41. The maximum atomic E-state index is 12.2. The zero-order valence-corrected chi connectivity index (χ0v) is 13.4. The van der Waals surface area contributed by atoms with E-state index >= 15 is 0 Å². The molecule has 0 aliphatic carbocycles. The molecule has 0 spiro atoms. The molecule has 0 atom stereocenters. The number of carbonyl (C=O) groups excluding carboxylic acids is 1. The van der Waals surface area contributed by atoms with Gasteiger partial charge in [-0.1, -0.05) is 18.2 Å². The Labute approximate surface area is 134 Å². The number of para-hydroxylation sites is 2. The Morgan fingerprint density at radius 1 is 1.17 bits per heavy atom. The van der Waals surface area contributed by atoms with Gasteiger partial charge in [0.1, 0.15) is 5.69 Å². The van der Waals surface area contributed by atoms with Crippen molar-refractivity contribution in [3.63, 3.8) is 0 Å². The van der Waals surface area contributed by atoms with Crippen LogP contribution in [0.4, 0.5) is 17.1 Å². The number of hydrogen-bond donors (Lipinski definition) is 1. The lowest BCUT2D eigenvalue weighted by molar-refractivity contribution is -0.383. The first-order chi connectivity index (χ1) is 10.9. The van der Waals surface area contributed by atoms with Crippen LogP contribution in [0.25, 0.3) is 0 Å². The van der Waals surface area contributed by atoms with Crippen LogP contribution in [-0.4, -0.2) is 24.4 Å². The number of anilines is 2. The maximum Gasteiger partial charge on any atom is 0.292 e. The summed E-state index contributed by atoms with van der Waals surface area (Å²) in [6, 6.07) is 12.1. The SMILES string of the molecule is Cc1cc(C)cc(N(C)CC(=O)Nc2ccccc2[N+](=O)[O-])c1. The molecule has 0 aliphatic heterocycles. The summed E-state index contributed by atoms with van der Waals surface area (Å²) in [4.78, 5) is 24.4. The minimum atomic E-state index is -0.511. The molecule has 0 unspecified atom stereocenters. The molecule has 0 heterocycles. The van der Waals surface area contributed by atoms with Gasteiger partial charge in [0.25, 0.3) is 5.69 Å². The fraction of sp³-hybridized carbons (Fsp3) is 0.235. The lowest BCUT2D eigenvalue weighted by Gasteiger charge is -2.20. The highest BCUT2D eigenvalue weighted by Crippen LogP contribution is 2.23. The van der Waals surface area contributed by atoms with Crippen LogP contribution >= 0.6 is 0 Å². The van der Waals surface area contributed by atoms with Crippen LogP contribution in [0.15, 0.2) is 42.5 Å². The normalized spacial score (nSPS) is 10.2. The number of aryl methyl sites for hydroxylation is 2. The van der Waals surface area contributed by atoms with Crippen molar-refractivity contribution in [2.24, 2.45) is 0 Å². The van der Waals surface area contributed by atoms with Gasteiger partial charge in [-0.3, -0.25) is 14.9 Å². The van der Waals surface area contributed by atoms with Gasteiger partial charge in [0.2, 0.25) is 5.91 Å². The highest BCUT2D eigenvalue weighted by molar-refractivity contribution is 5.95. The second-order valence-electron chi connectivity index (χ2n) is 5.52. The third-order valence-electron chi connectivity index (χ3n) is 3.40. The number of rotatable bonds is 5. The third kappa shape index (κ3) is 4.29. The summed E-state index contributed by atoms with van der Waals surface area (Å²) in [6.07, 6.45) is 0. The minimum absolute atomic E-state index is 0.106. The van der Waals surface area contributed by atoms with Crippen molar-refractivity contribution in [1.82, 2.24) is 0 Å². The molecule has 0 saturated heterocycles. The summed E-state index contributed by atoms with van der Waals surface area (Å²) in [6.45, 7) is 4.10. The number of nitro benzene ring substituents is 1. The summed E-state index contributed by atoms with van der Waals surface area (Å²) in [5, 5.41) is 13.6. The van der Waals surface area contributed by atoms with Crippen LogP contribution in [0, 0.1) is 24.0 Å². The average molecular weight is 313 g/mol. The Bertz CT molecular complexity index is 723. The van der Waals surface area contributed by atoms with E-state index in [2.05, 4.69) is 11.4 Å². The first-order valence-electron chi connectivity index (χ1n) is 7.19. The smallest absolute Gasteiger partial charge is 0.292 e. The highest BCUT2D eigenvalue weighted by atomic mass is 16.6. The lowest BCUT2D eigenvalue weighted by atomic mass is 10.1. The Morgan fingerprint density at radius 2 is 1.78 bits per heavy atom. The van der Waals surface area contributed by atoms with Crippen molar-refractivity contribution in [2.75, 3.05) is 23.8 Å². The molecule has 6 nitrogen and oxygen atoms in total. The van der Waals surface area contributed by atoms with Crippen LogP contribution in [-0.2, 0) is 4.79 Å². The summed E-state index contributed by atoms with van der Waals surface area (Å²) in [5.41, 5.74) is 3.25. The second kappa shape index (κ2) is 6.91. The molecule has 0 fully saturated rings. The molecule has 23 heavy (non-hydrogen) atoms. The molecular formula is C17H19N3O3. The zero-order chi connectivity index (χ0) is 17.0. The van der Waals surface area contributed by atoms with Crippen molar-refractivity contribution in [2.45, 2.75) is 13.8 Å². The molecule has 2 aromatic rings. The van der Waals surface area contributed by atoms with Gasteiger partial charge < -0.3 is 10.2 Å². The van der Waals surface area contributed by atoms with Crippen molar-refractivity contribution >= 4 is 23.0 Å². The molecule has 1 amide bonds. The summed E-state index contributed by atoms with van der Waals surface area (Å²) >= 11 is 0. The molecule has 0 radical (unpaired) electrons. The molecule has 6 heteroatoms. The Balaban J connectivity index is 2.09. The standard InChI is InChI=1S/C17H19N3O3/c1-12-8-13(2)10-14(9-12)19(3)11-17(21)18-15-6-4-5-7-16(15)20(22)23/h4-10H,11H2,1-3H3,(H,18,21). The summed E-state index contributed by atoms with van der Waals surface area (Å²) < 4.78 is 0. The van der Waals surface area contributed by atoms with Gasteiger partial charge in [-0.2, -0.15) is 0 Å². The van der Waals surface area contributed by atoms with Crippen LogP contribution < -0.4 is 10.2 Å². The van der Waals surface area contributed by atoms with E-state index in [1.807, 2.05) is 37.9 Å². The number of carbonyl (C=O) groups is 1. The van der Waals surface area contributed by atoms with Gasteiger partial charge in [-0.15, -0.1) is 0 Å². The first kappa shape index (κ1) is 16.5. The molecular weight excluding hydrogens is 294 g/mol. The van der Waals surface area contributed by atoms with Gasteiger partial charge in [0.15, 0.2) is 0 Å². The number of nitrogens with zero attached hydrogens (tertiary/aromatic N) is 2. The summed E-state index contributed by atoms with van der Waals surface area (Å²) in [7, 11) is 1.81. The van der Waals surface area contributed by atoms with E-state index in [-0.39, 0.29) is 23.8 Å². The maximum absolute atomic E-state index is 12.2. The van der Waals surface area contributed by atoms with E-state index in [0.717, 1.165) is 16.8 Å². The number of likely N-dealkylation sites (N-methyl/N-ethyl adjacent to an activating group) is 1. The molecule has 2 rings (SSSR count). The van der Waals surface area contributed by atoms with Gasteiger partial charge >= 0.3 is 0 Å². The monoisotopic (exact) mass is 313 g/mol. The first-order valence-corrected chi connectivity index (χ1v) is 7.19. The topological polar surface area (TPSA) is 75.5 Å². The number of amides is 1. The van der Waals surface area contributed by atoms with Crippen LogP contribution in [0.3, 0.4) is 0 Å². The Morgan fingerprint density at radius 3 is 2.39 bits per heavy atom. The van der Waals surface area contributed by atoms with E-state index in [0.29, 0.717) is 0 Å². The van der Waals surface area contributed by atoms with E-state index in [1.54, 1.807) is 12.1 Å². The Kier molecular flexibility index (Phi) is 4.95. The van der Waals surface area contributed by atoms with E-state index in [4.69, 9.17) is 0 Å². The van der Waals surface area contributed by atoms with Gasteiger partial charge in [0.05, 0.1) is 11.5 Å². The predicted molar refractivity (Wildman–Crippen MR) is 90.9 cm³/mol. The van der Waals surface area contributed by atoms with Crippen molar-refractivity contribution in [1.29, 1.82) is 0 Å². The highest BCUT2D eigenvalue weighted by Gasteiger charge is 2.16. The molecule has 0 saturated carbocycles. The van der Waals surface area contributed by atoms with E-state index < -0.39 is 4.92 Å². The fourth-order valence-electron chi connectivity index (χ4n) is 2.41. The van der Waals surface area contributed by atoms with E-state index in [9.17, 15) is 14.9 Å². The predicted octanol–water partition coefficient (Wildman–Crippen LogP) is 3.29. The van der Waals surface area contributed by atoms with Crippen LogP contribution in [0.5, 0.6) is 0 Å². The average Bonchev–Trinajstić information content (AvgIpc) is 2.46. The van der Waals surface area contributed by atoms with Crippen LogP contribution in [0.1, 0.15) is 11.1 Å².